The maximum atomic E-state index is 15.4. The molecule has 0 aliphatic carbocycles. The molecule has 0 amide bonds. The van der Waals surface area contributed by atoms with E-state index in [2.05, 4.69) is 0 Å². The molecule has 0 spiro atoms. The van der Waals surface area contributed by atoms with E-state index in [1.165, 1.54) is 0 Å². The number of benzene rings is 7. The van der Waals surface area contributed by atoms with Crippen LogP contribution in [0.15, 0.2) is 206 Å². The van der Waals surface area contributed by atoms with Crippen LogP contribution in [0.2, 0.25) is 0 Å². The van der Waals surface area contributed by atoms with Gasteiger partial charge in [0.15, 0.2) is 6.29 Å². The van der Waals surface area contributed by atoms with Crippen molar-refractivity contribution in [3.8, 4) is 0 Å². The molecule has 7 aromatic rings. The lowest BCUT2D eigenvalue weighted by Crippen LogP contribution is -2.64. The van der Waals surface area contributed by atoms with Crippen molar-refractivity contribution < 1.29 is 60.0 Å². The first-order valence-electron chi connectivity index (χ1n) is 23.9. The number of rotatable bonds is 24. The quantitative estimate of drug-likeness (QED) is 0.0532. The molecule has 1 saturated heterocycles. The van der Waals surface area contributed by atoms with E-state index < -0.39 is 52.5 Å². The molecule has 3 unspecified atom stereocenters. The Labute approximate surface area is 421 Å². The zero-order valence-corrected chi connectivity index (χ0v) is 41.4. The molecule has 374 valence electrons. The van der Waals surface area contributed by atoms with Gasteiger partial charge in [0.1, 0.15) is 30.5 Å². The SMILES string of the molecule is O=P1(OC[C@@H](OCc2ccccc2)C2O[C@@H](OP(=O)(OCc3ccccc3)OCc3ccccc3)C(OCc3ccccc3)C(OCc3ccccc3)[C@@H]2OCc2ccccc2)OCc2ccccc2CO1. The predicted octanol–water partition coefficient (Wildman–Crippen LogP) is 12.5. The van der Waals surface area contributed by atoms with Crippen molar-refractivity contribution in [1.82, 2.24) is 0 Å². The molecule has 13 nitrogen and oxygen atoms in total. The molecule has 2 aliphatic heterocycles. The molecule has 72 heavy (non-hydrogen) atoms. The fraction of sp³-hybridized carbons (Fsp3) is 0.263. The lowest BCUT2D eigenvalue weighted by Gasteiger charge is -2.48. The highest BCUT2D eigenvalue weighted by molar-refractivity contribution is 7.48. The standard InChI is InChI=1S/C57H58O13P2/c58-71(66-41-50-33-19-20-34-51(50)42-67-71)68-43-52(60-35-44-21-7-1-8-22-44)53-54(61-36-45-23-9-2-10-24-45)55(62-37-46-25-11-3-12-26-46)56(63-38-47-27-13-4-14-28-47)57(69-53)70-72(59,64-39-48-29-15-5-16-30-48)65-40-49-31-17-6-18-32-49/h1-34,52-57H,35-43H2/t52-,53?,54-,55?,56?,57+/m1/s1. The Morgan fingerprint density at radius 3 is 1.25 bits per heavy atom. The topological polar surface area (TPSA) is 136 Å². The van der Waals surface area contributed by atoms with Gasteiger partial charge in [0.2, 0.25) is 0 Å². The van der Waals surface area contributed by atoms with E-state index in [-0.39, 0.29) is 59.5 Å². The summed E-state index contributed by atoms with van der Waals surface area (Å²) in [5, 5.41) is 0. The van der Waals surface area contributed by atoms with E-state index >= 15 is 4.57 Å². The third-order valence-corrected chi connectivity index (χ3v) is 14.7. The third kappa shape index (κ3) is 14.8. The fourth-order valence-corrected chi connectivity index (χ4v) is 10.6. The highest BCUT2D eigenvalue weighted by Gasteiger charge is 2.54. The van der Waals surface area contributed by atoms with Crippen molar-refractivity contribution in [2.24, 2.45) is 0 Å². The van der Waals surface area contributed by atoms with Crippen LogP contribution in [0.5, 0.6) is 0 Å². The molecule has 0 N–H and O–H groups in total. The molecular weight excluding hydrogens is 955 g/mol. The average molecular weight is 1010 g/mol. The van der Waals surface area contributed by atoms with Crippen molar-refractivity contribution in [3.05, 3.63) is 251 Å². The molecule has 0 aromatic heterocycles. The third-order valence-electron chi connectivity index (χ3n) is 12.0. The normalized spacial score (nSPS) is 20.2. The Balaban J connectivity index is 1.12. The van der Waals surface area contributed by atoms with Crippen LogP contribution < -0.4 is 0 Å². The summed E-state index contributed by atoms with van der Waals surface area (Å²) in [5.74, 6) is 0. The molecule has 6 atom stereocenters. The number of phosphoric acid groups is 2. The number of hydrogen-bond donors (Lipinski definition) is 0. The molecule has 0 saturated carbocycles. The number of phosphoric ester groups is 2. The highest BCUT2D eigenvalue weighted by Crippen LogP contribution is 2.55. The summed E-state index contributed by atoms with van der Waals surface area (Å²) >= 11 is 0. The maximum Gasteiger partial charge on any atom is 0.477 e. The molecule has 0 radical (unpaired) electrons. The van der Waals surface area contributed by atoms with Crippen molar-refractivity contribution in [1.29, 1.82) is 0 Å². The van der Waals surface area contributed by atoms with Gasteiger partial charge in [-0.15, -0.1) is 0 Å². The zero-order chi connectivity index (χ0) is 49.3. The summed E-state index contributed by atoms with van der Waals surface area (Å²) in [6.45, 7) is -0.248. The van der Waals surface area contributed by atoms with E-state index in [4.69, 9.17) is 50.8 Å². The summed E-state index contributed by atoms with van der Waals surface area (Å²) in [5.41, 5.74) is 6.54. The first kappa shape index (κ1) is 51.5. The summed E-state index contributed by atoms with van der Waals surface area (Å²) in [4.78, 5) is 0. The van der Waals surface area contributed by atoms with Crippen molar-refractivity contribution in [3.63, 3.8) is 0 Å². The second kappa shape index (κ2) is 26.0. The van der Waals surface area contributed by atoms with E-state index in [1.54, 1.807) is 0 Å². The lowest BCUT2D eigenvalue weighted by molar-refractivity contribution is -0.324. The van der Waals surface area contributed by atoms with Gasteiger partial charge in [0.05, 0.1) is 59.5 Å². The average Bonchev–Trinajstić information content (AvgIpc) is 3.61. The van der Waals surface area contributed by atoms with Gasteiger partial charge in [-0.1, -0.05) is 206 Å². The number of fused-ring (bicyclic) bond motifs is 1. The van der Waals surface area contributed by atoms with Crippen molar-refractivity contribution in [2.45, 2.75) is 89.7 Å². The predicted molar refractivity (Wildman–Crippen MR) is 269 cm³/mol. The van der Waals surface area contributed by atoms with Gasteiger partial charge in [0, 0.05) is 0 Å². The second-order valence-electron chi connectivity index (χ2n) is 17.2. The van der Waals surface area contributed by atoms with Gasteiger partial charge < -0.3 is 23.7 Å². The van der Waals surface area contributed by atoms with Crippen LogP contribution in [0.1, 0.15) is 44.5 Å². The van der Waals surface area contributed by atoms with Crippen LogP contribution in [0.25, 0.3) is 0 Å². The monoisotopic (exact) mass is 1010 g/mol. The van der Waals surface area contributed by atoms with Crippen LogP contribution in [-0.4, -0.2) is 43.4 Å². The van der Waals surface area contributed by atoms with Crippen LogP contribution >= 0.6 is 15.6 Å². The fourth-order valence-electron chi connectivity index (χ4n) is 8.18. The summed E-state index contributed by atoms with van der Waals surface area (Å²) in [6.07, 6.45) is -7.01. The molecule has 9 rings (SSSR count). The van der Waals surface area contributed by atoms with Crippen LogP contribution in [0.4, 0.5) is 0 Å². The first-order chi connectivity index (χ1) is 35.4. The van der Waals surface area contributed by atoms with E-state index in [9.17, 15) is 4.57 Å². The molecular formula is C57H58O13P2. The first-order valence-corrected chi connectivity index (χ1v) is 26.8. The molecule has 2 heterocycles. The minimum atomic E-state index is -4.60. The van der Waals surface area contributed by atoms with Gasteiger partial charge in [-0.3, -0.25) is 27.1 Å². The Morgan fingerprint density at radius 2 is 0.819 bits per heavy atom. The van der Waals surface area contributed by atoms with Gasteiger partial charge in [-0.05, 0) is 44.5 Å². The molecule has 15 heteroatoms. The van der Waals surface area contributed by atoms with E-state index in [0.717, 1.165) is 44.5 Å². The minimum Gasteiger partial charge on any atom is -0.368 e. The van der Waals surface area contributed by atoms with Crippen LogP contribution in [0.3, 0.4) is 0 Å². The summed E-state index contributed by atoms with van der Waals surface area (Å²) < 4.78 is 102. The van der Waals surface area contributed by atoms with Gasteiger partial charge in [0.25, 0.3) is 0 Å². The van der Waals surface area contributed by atoms with Crippen LogP contribution in [-0.2, 0) is 113 Å². The van der Waals surface area contributed by atoms with Gasteiger partial charge >= 0.3 is 15.6 Å². The lowest BCUT2D eigenvalue weighted by atomic mass is 9.94. The molecule has 7 aromatic carbocycles. The number of hydrogen-bond acceptors (Lipinski definition) is 13. The second-order valence-corrected chi connectivity index (χ2v) is 20.5. The Kier molecular flexibility index (Phi) is 18.6. The van der Waals surface area contributed by atoms with Gasteiger partial charge in [-0.2, -0.15) is 0 Å². The van der Waals surface area contributed by atoms with Crippen LogP contribution in [0, 0.1) is 0 Å². The number of ether oxygens (including phenoxy) is 5. The van der Waals surface area contributed by atoms with E-state index in [1.807, 2.05) is 206 Å². The van der Waals surface area contributed by atoms with Crippen molar-refractivity contribution in [2.75, 3.05) is 6.61 Å². The minimum absolute atomic E-state index is 0.00126. The highest BCUT2D eigenvalue weighted by atomic mass is 31.2. The smallest absolute Gasteiger partial charge is 0.368 e. The zero-order valence-electron chi connectivity index (χ0n) is 39.7. The Hall–Kier alpha value is -5.44. The Morgan fingerprint density at radius 1 is 0.458 bits per heavy atom. The Bertz CT molecular complexity index is 2700. The summed E-state index contributed by atoms with van der Waals surface area (Å²) in [6, 6.07) is 64.7. The molecule has 0 bridgehead atoms. The summed E-state index contributed by atoms with van der Waals surface area (Å²) in [7, 11) is -8.82. The molecule has 1 fully saturated rings. The maximum absolute atomic E-state index is 15.4. The van der Waals surface area contributed by atoms with E-state index in [0.29, 0.717) is 0 Å². The molecule has 2 aliphatic rings. The largest absolute Gasteiger partial charge is 0.477 e. The van der Waals surface area contributed by atoms with Crippen molar-refractivity contribution >= 4 is 15.6 Å². The van der Waals surface area contributed by atoms with Gasteiger partial charge in [-0.25, -0.2) is 9.13 Å².